The van der Waals surface area contributed by atoms with Gasteiger partial charge in [0.15, 0.2) is 0 Å². The minimum absolute atomic E-state index is 0.0178. The van der Waals surface area contributed by atoms with E-state index in [1.165, 1.54) is 11.3 Å². The Hall–Kier alpha value is -0.520. The van der Waals surface area contributed by atoms with Crippen molar-refractivity contribution in [1.82, 2.24) is 5.32 Å². The number of hydrogen-bond acceptors (Lipinski definition) is 4. The molecule has 1 N–H and O–H groups in total. The number of rotatable bonds is 2. The number of carbonyl (C=O) groups excluding carboxylic acids is 1. The molecule has 82 valence electrons. The molecule has 1 aliphatic rings. The molecule has 1 fully saturated rings. The Labute approximate surface area is 98.2 Å². The van der Waals surface area contributed by atoms with E-state index in [-0.39, 0.29) is 11.9 Å². The summed E-state index contributed by atoms with van der Waals surface area (Å²) in [7, 11) is 0. The van der Waals surface area contributed by atoms with Gasteiger partial charge in [-0.25, -0.2) is 0 Å². The number of amides is 1. The SMILES string of the molecule is O=C(NC1CCCOC1)c1cc(S)cs1. The van der Waals surface area contributed by atoms with Crippen LogP contribution in [-0.4, -0.2) is 25.2 Å². The van der Waals surface area contributed by atoms with Crippen molar-refractivity contribution in [3.63, 3.8) is 0 Å². The number of thiol groups is 1. The number of ether oxygens (including phenoxy) is 1. The van der Waals surface area contributed by atoms with E-state index < -0.39 is 0 Å². The fraction of sp³-hybridized carbons (Fsp3) is 0.500. The molecular weight excluding hydrogens is 230 g/mol. The van der Waals surface area contributed by atoms with Gasteiger partial charge in [-0.2, -0.15) is 0 Å². The molecule has 0 bridgehead atoms. The van der Waals surface area contributed by atoms with Gasteiger partial charge in [0.1, 0.15) is 0 Å². The van der Waals surface area contributed by atoms with Crippen LogP contribution in [0.3, 0.4) is 0 Å². The second-order valence-corrected chi connectivity index (χ2v) is 4.98. The molecule has 0 radical (unpaired) electrons. The third kappa shape index (κ3) is 2.96. The van der Waals surface area contributed by atoms with Gasteiger partial charge in [0, 0.05) is 16.9 Å². The van der Waals surface area contributed by atoms with E-state index in [0.29, 0.717) is 11.5 Å². The molecule has 1 atom stereocenters. The molecule has 0 spiro atoms. The lowest BCUT2D eigenvalue weighted by Crippen LogP contribution is -2.40. The van der Waals surface area contributed by atoms with Crippen molar-refractivity contribution in [2.45, 2.75) is 23.8 Å². The second kappa shape index (κ2) is 5.01. The number of nitrogens with one attached hydrogen (secondary N) is 1. The third-order valence-corrected chi connectivity index (χ3v) is 3.67. The Kier molecular flexibility index (Phi) is 3.66. The van der Waals surface area contributed by atoms with Gasteiger partial charge in [0.25, 0.3) is 5.91 Å². The van der Waals surface area contributed by atoms with Gasteiger partial charge in [0.2, 0.25) is 0 Å². The maximum absolute atomic E-state index is 11.7. The van der Waals surface area contributed by atoms with Crippen LogP contribution < -0.4 is 5.32 Å². The largest absolute Gasteiger partial charge is 0.379 e. The zero-order valence-electron chi connectivity index (χ0n) is 8.23. The van der Waals surface area contributed by atoms with Gasteiger partial charge in [-0.1, -0.05) is 0 Å². The van der Waals surface area contributed by atoms with E-state index in [2.05, 4.69) is 17.9 Å². The molecule has 0 aliphatic carbocycles. The van der Waals surface area contributed by atoms with Crippen LogP contribution in [0.2, 0.25) is 0 Å². The number of thiophene rings is 1. The topological polar surface area (TPSA) is 38.3 Å². The summed E-state index contributed by atoms with van der Waals surface area (Å²) in [5.74, 6) is -0.0178. The van der Waals surface area contributed by atoms with Crippen molar-refractivity contribution in [1.29, 1.82) is 0 Å². The summed E-state index contributed by atoms with van der Waals surface area (Å²) in [6, 6.07) is 1.95. The number of hydrogen-bond donors (Lipinski definition) is 2. The fourth-order valence-electron chi connectivity index (χ4n) is 1.56. The molecule has 0 aromatic carbocycles. The van der Waals surface area contributed by atoms with Crippen molar-refractivity contribution < 1.29 is 9.53 Å². The molecule has 1 amide bonds. The first kappa shape index (κ1) is 11.0. The molecule has 1 saturated heterocycles. The Bertz CT molecular complexity index is 345. The van der Waals surface area contributed by atoms with Crippen molar-refractivity contribution in [2.24, 2.45) is 0 Å². The Morgan fingerprint density at radius 1 is 1.67 bits per heavy atom. The van der Waals surface area contributed by atoms with E-state index in [1.54, 1.807) is 6.07 Å². The Morgan fingerprint density at radius 3 is 3.13 bits per heavy atom. The normalized spacial score (nSPS) is 21.3. The summed E-state index contributed by atoms with van der Waals surface area (Å²) < 4.78 is 5.30. The number of carbonyl (C=O) groups is 1. The van der Waals surface area contributed by atoms with E-state index in [9.17, 15) is 4.79 Å². The van der Waals surface area contributed by atoms with Gasteiger partial charge in [-0.3, -0.25) is 4.79 Å². The monoisotopic (exact) mass is 243 g/mol. The minimum Gasteiger partial charge on any atom is -0.379 e. The van der Waals surface area contributed by atoms with Crippen LogP contribution in [0.4, 0.5) is 0 Å². The van der Waals surface area contributed by atoms with Crippen molar-refractivity contribution in [3.05, 3.63) is 16.3 Å². The fourth-order valence-corrected chi connectivity index (χ4v) is 2.61. The van der Waals surface area contributed by atoms with Crippen LogP contribution in [0, 0.1) is 0 Å². The summed E-state index contributed by atoms with van der Waals surface area (Å²) in [6.45, 7) is 1.44. The highest BCUT2D eigenvalue weighted by atomic mass is 32.1. The molecule has 5 heteroatoms. The Morgan fingerprint density at radius 2 is 2.53 bits per heavy atom. The third-order valence-electron chi connectivity index (χ3n) is 2.30. The predicted molar refractivity (Wildman–Crippen MR) is 62.9 cm³/mol. The average molecular weight is 243 g/mol. The summed E-state index contributed by atoms with van der Waals surface area (Å²) in [5.41, 5.74) is 0. The van der Waals surface area contributed by atoms with Crippen LogP contribution in [0.5, 0.6) is 0 Å². The van der Waals surface area contributed by atoms with Crippen molar-refractivity contribution >= 4 is 29.9 Å². The molecule has 0 saturated carbocycles. The molecule has 2 rings (SSSR count). The molecule has 2 heterocycles. The maximum Gasteiger partial charge on any atom is 0.261 e. The first-order valence-corrected chi connectivity index (χ1v) is 6.24. The van der Waals surface area contributed by atoms with Crippen molar-refractivity contribution in [2.75, 3.05) is 13.2 Å². The Balaban J connectivity index is 1.91. The van der Waals surface area contributed by atoms with Crippen LogP contribution in [-0.2, 0) is 4.74 Å². The summed E-state index contributed by atoms with van der Waals surface area (Å²) in [6.07, 6.45) is 2.03. The first-order chi connectivity index (χ1) is 7.25. The van der Waals surface area contributed by atoms with E-state index >= 15 is 0 Å². The lowest BCUT2D eigenvalue weighted by Gasteiger charge is -2.22. The smallest absolute Gasteiger partial charge is 0.261 e. The lowest BCUT2D eigenvalue weighted by molar-refractivity contribution is 0.0626. The van der Waals surface area contributed by atoms with Gasteiger partial charge in [-0.15, -0.1) is 24.0 Å². The minimum atomic E-state index is -0.0178. The average Bonchev–Trinajstić information content (AvgIpc) is 2.66. The summed E-state index contributed by atoms with van der Waals surface area (Å²) >= 11 is 5.59. The summed E-state index contributed by atoms with van der Waals surface area (Å²) in [4.78, 5) is 13.3. The van der Waals surface area contributed by atoms with E-state index in [0.717, 1.165) is 24.3 Å². The highest BCUT2D eigenvalue weighted by Crippen LogP contribution is 2.18. The maximum atomic E-state index is 11.7. The van der Waals surface area contributed by atoms with Crippen LogP contribution in [0.25, 0.3) is 0 Å². The van der Waals surface area contributed by atoms with Crippen LogP contribution >= 0.6 is 24.0 Å². The zero-order chi connectivity index (χ0) is 10.7. The highest BCUT2D eigenvalue weighted by molar-refractivity contribution is 7.80. The predicted octanol–water partition coefficient (Wildman–Crippen LogP) is 1.95. The molecule has 1 aromatic rings. The van der Waals surface area contributed by atoms with E-state index in [4.69, 9.17) is 4.74 Å². The van der Waals surface area contributed by atoms with Gasteiger partial charge >= 0.3 is 0 Å². The molecule has 1 aliphatic heterocycles. The molecular formula is C10H13NO2S2. The van der Waals surface area contributed by atoms with Gasteiger partial charge in [0.05, 0.1) is 17.5 Å². The summed E-state index contributed by atoms with van der Waals surface area (Å²) in [5, 5.41) is 4.82. The standard InChI is InChI=1S/C10H13NO2S2/c12-10(9-4-8(14)6-15-9)11-7-2-1-3-13-5-7/h4,6-7,14H,1-3,5H2,(H,11,12). The molecule has 1 aromatic heterocycles. The second-order valence-electron chi connectivity index (χ2n) is 3.56. The molecule has 3 nitrogen and oxygen atoms in total. The van der Waals surface area contributed by atoms with Gasteiger partial charge in [-0.05, 0) is 18.9 Å². The first-order valence-electron chi connectivity index (χ1n) is 4.92. The van der Waals surface area contributed by atoms with Crippen molar-refractivity contribution in [3.8, 4) is 0 Å². The van der Waals surface area contributed by atoms with Crippen LogP contribution in [0.1, 0.15) is 22.5 Å². The van der Waals surface area contributed by atoms with Gasteiger partial charge < -0.3 is 10.1 Å². The molecule has 1 unspecified atom stereocenters. The van der Waals surface area contributed by atoms with E-state index in [1.807, 2.05) is 5.38 Å². The molecule has 15 heavy (non-hydrogen) atoms. The van der Waals surface area contributed by atoms with Crippen LogP contribution in [0.15, 0.2) is 16.3 Å². The lowest BCUT2D eigenvalue weighted by atomic mass is 10.1. The highest BCUT2D eigenvalue weighted by Gasteiger charge is 2.17. The quantitative estimate of drug-likeness (QED) is 0.779. The zero-order valence-corrected chi connectivity index (χ0v) is 9.94.